The molecular formula is C9H10BrNOS. The molecule has 0 heterocycles. The number of rotatable bonds is 3. The molecule has 70 valence electrons. The van der Waals surface area contributed by atoms with Crippen molar-refractivity contribution in [3.8, 4) is 5.75 Å². The molecule has 0 aliphatic rings. The highest BCUT2D eigenvalue weighted by molar-refractivity contribution is 9.10. The van der Waals surface area contributed by atoms with Gasteiger partial charge in [0.2, 0.25) is 0 Å². The summed E-state index contributed by atoms with van der Waals surface area (Å²) in [6, 6.07) is 5.79. The van der Waals surface area contributed by atoms with Gasteiger partial charge in [-0.2, -0.15) is 0 Å². The Morgan fingerprint density at radius 3 is 2.77 bits per heavy atom. The molecule has 0 aromatic heterocycles. The van der Waals surface area contributed by atoms with Crippen LogP contribution in [0.1, 0.15) is 5.56 Å². The first-order valence-electron chi connectivity index (χ1n) is 3.74. The van der Waals surface area contributed by atoms with Gasteiger partial charge >= 0.3 is 0 Å². The predicted molar refractivity (Wildman–Crippen MR) is 61.2 cm³/mol. The normalized spacial score (nSPS) is 9.69. The standard InChI is InChI=1S/C9H10BrNOS/c1-12-8-3-2-6(4-7(8)10)5-9(11)13/h2-4H,5H2,1H3,(H2,11,13). The van der Waals surface area contributed by atoms with E-state index in [4.69, 9.17) is 22.7 Å². The van der Waals surface area contributed by atoms with E-state index in [0.717, 1.165) is 15.8 Å². The lowest BCUT2D eigenvalue weighted by Gasteiger charge is -2.05. The monoisotopic (exact) mass is 259 g/mol. The van der Waals surface area contributed by atoms with Crippen molar-refractivity contribution in [2.45, 2.75) is 6.42 Å². The summed E-state index contributed by atoms with van der Waals surface area (Å²) in [5.41, 5.74) is 6.51. The van der Waals surface area contributed by atoms with Crippen molar-refractivity contribution in [3.63, 3.8) is 0 Å². The van der Waals surface area contributed by atoms with E-state index in [1.54, 1.807) is 7.11 Å². The van der Waals surface area contributed by atoms with Crippen LogP contribution in [-0.4, -0.2) is 12.1 Å². The fourth-order valence-electron chi connectivity index (χ4n) is 1.02. The molecule has 0 bridgehead atoms. The predicted octanol–water partition coefficient (Wildman–Crippen LogP) is 2.29. The molecule has 0 fully saturated rings. The summed E-state index contributed by atoms with van der Waals surface area (Å²) >= 11 is 8.20. The largest absolute Gasteiger partial charge is 0.496 e. The lowest BCUT2D eigenvalue weighted by molar-refractivity contribution is 0.412. The maximum Gasteiger partial charge on any atom is 0.133 e. The number of thiocarbonyl (C=S) groups is 1. The first kappa shape index (κ1) is 10.5. The van der Waals surface area contributed by atoms with Crippen LogP contribution in [0.25, 0.3) is 0 Å². The van der Waals surface area contributed by atoms with Crippen molar-refractivity contribution in [2.24, 2.45) is 5.73 Å². The third-order valence-electron chi connectivity index (χ3n) is 1.59. The third kappa shape index (κ3) is 2.97. The third-order valence-corrected chi connectivity index (χ3v) is 2.36. The molecule has 4 heteroatoms. The van der Waals surface area contributed by atoms with E-state index in [0.29, 0.717) is 11.4 Å². The summed E-state index contributed by atoms with van der Waals surface area (Å²) in [4.78, 5) is 0.497. The number of halogens is 1. The maximum atomic E-state index is 5.43. The van der Waals surface area contributed by atoms with E-state index < -0.39 is 0 Å². The smallest absolute Gasteiger partial charge is 0.133 e. The number of hydrogen-bond acceptors (Lipinski definition) is 2. The van der Waals surface area contributed by atoms with E-state index in [1.807, 2.05) is 18.2 Å². The molecule has 0 aliphatic carbocycles. The first-order chi connectivity index (χ1) is 6.13. The van der Waals surface area contributed by atoms with E-state index in [1.165, 1.54) is 0 Å². The zero-order chi connectivity index (χ0) is 9.84. The maximum absolute atomic E-state index is 5.43. The Hall–Kier alpha value is -0.610. The summed E-state index contributed by atoms with van der Waals surface area (Å²) in [6.07, 6.45) is 0.623. The van der Waals surface area contributed by atoms with Gasteiger partial charge in [0, 0.05) is 6.42 Å². The summed E-state index contributed by atoms with van der Waals surface area (Å²) in [6.45, 7) is 0. The molecule has 1 rings (SSSR count). The highest BCUT2D eigenvalue weighted by Gasteiger charge is 2.01. The van der Waals surface area contributed by atoms with Crippen LogP contribution in [0.15, 0.2) is 22.7 Å². The topological polar surface area (TPSA) is 35.2 Å². The summed E-state index contributed by atoms with van der Waals surface area (Å²) in [5, 5.41) is 0. The molecule has 0 aliphatic heterocycles. The second kappa shape index (κ2) is 4.58. The van der Waals surface area contributed by atoms with Gasteiger partial charge in [0.1, 0.15) is 5.75 Å². The number of ether oxygens (including phenoxy) is 1. The summed E-state index contributed by atoms with van der Waals surface area (Å²) in [5.74, 6) is 0.812. The van der Waals surface area contributed by atoms with Gasteiger partial charge < -0.3 is 10.5 Å². The fraction of sp³-hybridized carbons (Fsp3) is 0.222. The molecule has 2 N–H and O–H groups in total. The number of methoxy groups -OCH3 is 1. The van der Waals surface area contributed by atoms with Crippen LogP contribution < -0.4 is 10.5 Å². The Labute approximate surface area is 91.2 Å². The Morgan fingerprint density at radius 1 is 1.62 bits per heavy atom. The van der Waals surface area contributed by atoms with Gasteiger partial charge in [0.25, 0.3) is 0 Å². The Kier molecular flexibility index (Phi) is 3.69. The van der Waals surface area contributed by atoms with Gasteiger partial charge in [-0.05, 0) is 33.6 Å². The van der Waals surface area contributed by atoms with Crippen LogP contribution in [0.5, 0.6) is 5.75 Å². The molecule has 0 spiro atoms. The molecule has 0 atom stereocenters. The molecule has 0 radical (unpaired) electrons. The number of benzene rings is 1. The number of nitrogens with two attached hydrogens (primary N) is 1. The molecule has 0 saturated carbocycles. The van der Waals surface area contributed by atoms with Crippen molar-refractivity contribution in [2.75, 3.05) is 7.11 Å². The number of hydrogen-bond donors (Lipinski definition) is 1. The molecule has 1 aromatic rings. The second-order valence-corrected chi connectivity index (χ2v) is 3.99. The summed E-state index contributed by atoms with van der Waals surface area (Å²) in [7, 11) is 1.63. The molecule has 1 aromatic carbocycles. The van der Waals surface area contributed by atoms with Crippen LogP contribution in [0.4, 0.5) is 0 Å². The molecule has 2 nitrogen and oxygen atoms in total. The lowest BCUT2D eigenvalue weighted by atomic mass is 10.1. The molecule has 0 saturated heterocycles. The van der Waals surface area contributed by atoms with Crippen molar-refractivity contribution in [3.05, 3.63) is 28.2 Å². The Balaban J connectivity index is 2.89. The fourth-order valence-corrected chi connectivity index (χ4v) is 1.78. The highest BCUT2D eigenvalue weighted by atomic mass is 79.9. The Bertz CT molecular complexity index is 327. The quantitative estimate of drug-likeness (QED) is 0.847. The average molecular weight is 260 g/mol. The van der Waals surface area contributed by atoms with Crippen molar-refractivity contribution >= 4 is 33.1 Å². The summed E-state index contributed by atoms with van der Waals surface area (Å²) < 4.78 is 6.01. The first-order valence-corrected chi connectivity index (χ1v) is 4.94. The minimum absolute atomic E-state index is 0.497. The Morgan fingerprint density at radius 2 is 2.31 bits per heavy atom. The van der Waals surface area contributed by atoms with E-state index in [9.17, 15) is 0 Å². The van der Waals surface area contributed by atoms with Crippen LogP contribution >= 0.6 is 28.1 Å². The molecule has 13 heavy (non-hydrogen) atoms. The van der Waals surface area contributed by atoms with E-state index in [-0.39, 0.29) is 0 Å². The van der Waals surface area contributed by atoms with E-state index >= 15 is 0 Å². The van der Waals surface area contributed by atoms with Crippen molar-refractivity contribution in [1.29, 1.82) is 0 Å². The van der Waals surface area contributed by atoms with Gasteiger partial charge in [0.15, 0.2) is 0 Å². The molecule has 0 unspecified atom stereocenters. The van der Waals surface area contributed by atoms with Gasteiger partial charge in [-0.3, -0.25) is 0 Å². The highest BCUT2D eigenvalue weighted by Crippen LogP contribution is 2.25. The SMILES string of the molecule is COc1ccc(CC(N)=S)cc1Br. The van der Waals surface area contributed by atoms with E-state index in [2.05, 4.69) is 15.9 Å². The van der Waals surface area contributed by atoms with Crippen LogP contribution in [-0.2, 0) is 6.42 Å². The van der Waals surface area contributed by atoms with Crippen molar-refractivity contribution < 1.29 is 4.74 Å². The van der Waals surface area contributed by atoms with Crippen LogP contribution in [0, 0.1) is 0 Å². The lowest BCUT2D eigenvalue weighted by Crippen LogP contribution is -2.10. The minimum Gasteiger partial charge on any atom is -0.496 e. The average Bonchev–Trinajstić information content (AvgIpc) is 2.03. The zero-order valence-corrected chi connectivity index (χ0v) is 9.61. The van der Waals surface area contributed by atoms with Crippen LogP contribution in [0.2, 0.25) is 0 Å². The minimum atomic E-state index is 0.497. The van der Waals surface area contributed by atoms with Gasteiger partial charge in [-0.25, -0.2) is 0 Å². The van der Waals surface area contributed by atoms with Crippen LogP contribution in [0.3, 0.4) is 0 Å². The molecule has 0 amide bonds. The second-order valence-electron chi connectivity index (χ2n) is 2.61. The van der Waals surface area contributed by atoms with Gasteiger partial charge in [0.05, 0.1) is 16.6 Å². The zero-order valence-electron chi connectivity index (χ0n) is 7.21. The molecular weight excluding hydrogens is 250 g/mol. The van der Waals surface area contributed by atoms with Gasteiger partial charge in [-0.1, -0.05) is 18.3 Å². The van der Waals surface area contributed by atoms with Gasteiger partial charge in [-0.15, -0.1) is 0 Å². The van der Waals surface area contributed by atoms with Crippen molar-refractivity contribution in [1.82, 2.24) is 0 Å².